The summed E-state index contributed by atoms with van der Waals surface area (Å²) in [6, 6.07) is 4.86. The van der Waals surface area contributed by atoms with Crippen molar-refractivity contribution in [1.82, 2.24) is 14.1 Å². The lowest BCUT2D eigenvalue weighted by atomic mass is 10.1. The summed E-state index contributed by atoms with van der Waals surface area (Å²) in [6.07, 6.45) is 3.28. The number of benzene rings is 1. The first-order chi connectivity index (χ1) is 13.7. The average molecular weight is 423 g/mol. The maximum Gasteiger partial charge on any atom is 0.256 e. The van der Waals surface area contributed by atoms with Crippen molar-refractivity contribution in [1.29, 1.82) is 0 Å². The number of piperazine rings is 1. The summed E-state index contributed by atoms with van der Waals surface area (Å²) in [6.45, 7) is 5.13. The van der Waals surface area contributed by atoms with Crippen molar-refractivity contribution in [2.45, 2.75) is 31.1 Å². The number of hydrogen-bond donors (Lipinski definition) is 0. The van der Waals surface area contributed by atoms with Gasteiger partial charge in [0.15, 0.2) is 0 Å². The first-order valence-electron chi connectivity index (χ1n) is 10.1. The van der Waals surface area contributed by atoms with E-state index in [1.165, 1.54) is 33.5 Å². The molecule has 2 aliphatic heterocycles. The van der Waals surface area contributed by atoms with Crippen LogP contribution in [0.15, 0.2) is 23.1 Å². The number of carbonyl (C=O) groups is 2. The molecule has 0 atom stereocenters. The summed E-state index contributed by atoms with van der Waals surface area (Å²) >= 11 is 0. The number of piperidine rings is 1. The largest absolute Gasteiger partial charge is 0.371 e. The Bertz CT molecular complexity index is 870. The van der Waals surface area contributed by atoms with Gasteiger partial charge in [0, 0.05) is 66.0 Å². The van der Waals surface area contributed by atoms with Crippen LogP contribution in [0.4, 0.5) is 5.69 Å². The molecule has 29 heavy (non-hydrogen) atoms. The Morgan fingerprint density at radius 3 is 2.03 bits per heavy atom. The number of hydrogen-bond acceptors (Lipinski definition) is 5. The number of rotatable bonds is 4. The van der Waals surface area contributed by atoms with Crippen LogP contribution >= 0.6 is 0 Å². The molecule has 0 spiro atoms. The Kier molecular flexibility index (Phi) is 6.48. The first-order valence-corrected chi connectivity index (χ1v) is 11.5. The molecule has 2 heterocycles. The molecule has 160 valence electrons. The standard InChI is InChI=1S/C20H30N4O4S/c1-16(25)22-11-13-24(14-12-22)20(26)18-15-17(29(27,28)21(2)3)7-8-19(18)23-9-5-4-6-10-23/h7-8,15H,4-6,9-14H2,1-3H3. The molecule has 2 saturated heterocycles. The van der Waals surface area contributed by atoms with Gasteiger partial charge in [0.2, 0.25) is 15.9 Å². The predicted octanol–water partition coefficient (Wildman–Crippen LogP) is 1.23. The fourth-order valence-corrected chi connectivity index (χ4v) is 4.79. The van der Waals surface area contributed by atoms with E-state index < -0.39 is 10.0 Å². The van der Waals surface area contributed by atoms with E-state index in [4.69, 9.17) is 0 Å². The van der Waals surface area contributed by atoms with Crippen LogP contribution in [0.3, 0.4) is 0 Å². The molecule has 1 aromatic rings. The summed E-state index contributed by atoms with van der Waals surface area (Å²) < 4.78 is 26.4. The highest BCUT2D eigenvalue weighted by atomic mass is 32.2. The van der Waals surface area contributed by atoms with Gasteiger partial charge in [0.05, 0.1) is 10.5 Å². The lowest BCUT2D eigenvalue weighted by molar-refractivity contribution is -0.130. The number of amides is 2. The first kappa shape index (κ1) is 21.6. The van der Waals surface area contributed by atoms with Gasteiger partial charge in [-0.15, -0.1) is 0 Å². The van der Waals surface area contributed by atoms with Gasteiger partial charge in [-0.1, -0.05) is 0 Å². The van der Waals surface area contributed by atoms with E-state index in [9.17, 15) is 18.0 Å². The van der Waals surface area contributed by atoms with Gasteiger partial charge in [0.25, 0.3) is 5.91 Å². The number of sulfonamides is 1. The Hall–Kier alpha value is -2.13. The average Bonchev–Trinajstić information content (AvgIpc) is 2.73. The molecule has 3 rings (SSSR count). The third-order valence-electron chi connectivity index (χ3n) is 5.69. The summed E-state index contributed by atoms with van der Waals surface area (Å²) in [7, 11) is -0.675. The van der Waals surface area contributed by atoms with Crippen molar-refractivity contribution in [3.8, 4) is 0 Å². The zero-order valence-corrected chi connectivity index (χ0v) is 18.2. The van der Waals surface area contributed by atoms with Crippen molar-refractivity contribution in [2.24, 2.45) is 0 Å². The molecule has 2 amide bonds. The summed E-state index contributed by atoms with van der Waals surface area (Å²) in [5, 5.41) is 0. The molecule has 0 aromatic heterocycles. The fraction of sp³-hybridized carbons (Fsp3) is 0.600. The van der Waals surface area contributed by atoms with Crippen LogP contribution in [0.5, 0.6) is 0 Å². The highest BCUT2D eigenvalue weighted by Gasteiger charge is 2.28. The molecule has 0 saturated carbocycles. The Morgan fingerprint density at radius 2 is 1.48 bits per heavy atom. The van der Waals surface area contributed by atoms with E-state index in [-0.39, 0.29) is 16.7 Å². The van der Waals surface area contributed by atoms with Crippen LogP contribution in [0.1, 0.15) is 36.5 Å². The number of nitrogens with zero attached hydrogens (tertiary/aromatic N) is 4. The second-order valence-electron chi connectivity index (χ2n) is 7.81. The topological polar surface area (TPSA) is 81.2 Å². The van der Waals surface area contributed by atoms with Crippen molar-refractivity contribution in [3.63, 3.8) is 0 Å². The lowest BCUT2D eigenvalue weighted by Crippen LogP contribution is -2.50. The van der Waals surface area contributed by atoms with Gasteiger partial charge in [-0.2, -0.15) is 0 Å². The smallest absolute Gasteiger partial charge is 0.256 e. The van der Waals surface area contributed by atoms with E-state index >= 15 is 0 Å². The molecule has 2 fully saturated rings. The summed E-state index contributed by atoms with van der Waals surface area (Å²) in [5.74, 6) is -0.172. The van der Waals surface area contributed by atoms with Gasteiger partial charge in [0.1, 0.15) is 0 Å². The van der Waals surface area contributed by atoms with Gasteiger partial charge >= 0.3 is 0 Å². The molecular weight excluding hydrogens is 392 g/mol. The van der Waals surface area contributed by atoms with Crippen molar-refractivity contribution in [3.05, 3.63) is 23.8 Å². The molecule has 0 N–H and O–H groups in total. The molecule has 0 aliphatic carbocycles. The highest BCUT2D eigenvalue weighted by Crippen LogP contribution is 2.29. The third-order valence-corrected chi connectivity index (χ3v) is 7.50. The van der Waals surface area contributed by atoms with Crippen molar-refractivity contribution >= 4 is 27.5 Å². The van der Waals surface area contributed by atoms with Crippen LogP contribution in [0.2, 0.25) is 0 Å². The quantitative estimate of drug-likeness (QED) is 0.729. The van der Waals surface area contributed by atoms with E-state index in [0.29, 0.717) is 31.7 Å². The molecule has 1 aromatic carbocycles. The SMILES string of the molecule is CC(=O)N1CCN(C(=O)c2cc(S(=O)(=O)N(C)C)ccc2N2CCCCC2)CC1. The van der Waals surface area contributed by atoms with E-state index in [0.717, 1.165) is 35.9 Å². The van der Waals surface area contributed by atoms with Crippen LogP contribution in [0, 0.1) is 0 Å². The minimum atomic E-state index is -3.64. The fourth-order valence-electron chi connectivity index (χ4n) is 3.86. The third kappa shape index (κ3) is 4.56. The van der Waals surface area contributed by atoms with Gasteiger partial charge in [-0.3, -0.25) is 9.59 Å². The molecule has 0 radical (unpaired) electrons. The number of carbonyl (C=O) groups excluding carboxylic acids is 2. The van der Waals surface area contributed by atoms with Gasteiger partial charge in [-0.25, -0.2) is 12.7 Å². The Morgan fingerprint density at radius 1 is 0.897 bits per heavy atom. The highest BCUT2D eigenvalue weighted by molar-refractivity contribution is 7.89. The molecule has 9 heteroatoms. The van der Waals surface area contributed by atoms with Crippen molar-refractivity contribution < 1.29 is 18.0 Å². The normalized spacial score (nSPS) is 18.3. The molecule has 2 aliphatic rings. The van der Waals surface area contributed by atoms with Gasteiger partial charge < -0.3 is 14.7 Å². The molecule has 0 unspecified atom stereocenters. The maximum atomic E-state index is 13.4. The Balaban J connectivity index is 1.95. The second kappa shape index (κ2) is 8.71. The summed E-state index contributed by atoms with van der Waals surface area (Å²) in [4.78, 5) is 30.7. The monoisotopic (exact) mass is 422 g/mol. The molecular formula is C20H30N4O4S. The minimum Gasteiger partial charge on any atom is -0.371 e. The van der Waals surface area contributed by atoms with Crippen LogP contribution in [-0.2, 0) is 14.8 Å². The van der Waals surface area contributed by atoms with Crippen LogP contribution < -0.4 is 4.90 Å². The second-order valence-corrected chi connectivity index (χ2v) is 9.96. The molecule has 0 bridgehead atoms. The van der Waals surface area contributed by atoms with Crippen LogP contribution in [0.25, 0.3) is 0 Å². The zero-order chi connectivity index (χ0) is 21.2. The molecule has 8 nitrogen and oxygen atoms in total. The lowest BCUT2D eigenvalue weighted by Gasteiger charge is -2.36. The summed E-state index contributed by atoms with van der Waals surface area (Å²) in [5.41, 5.74) is 1.22. The predicted molar refractivity (Wildman–Crippen MR) is 112 cm³/mol. The maximum absolute atomic E-state index is 13.4. The number of anilines is 1. The van der Waals surface area contributed by atoms with E-state index in [1.807, 2.05) is 0 Å². The van der Waals surface area contributed by atoms with E-state index in [2.05, 4.69) is 4.90 Å². The minimum absolute atomic E-state index is 0.00479. The van der Waals surface area contributed by atoms with E-state index in [1.54, 1.807) is 21.9 Å². The zero-order valence-electron chi connectivity index (χ0n) is 17.4. The van der Waals surface area contributed by atoms with Crippen molar-refractivity contribution in [2.75, 3.05) is 58.3 Å². The Labute approximate surface area is 173 Å². The van der Waals surface area contributed by atoms with Crippen LogP contribution in [-0.4, -0.2) is 87.7 Å². The van der Waals surface area contributed by atoms with Gasteiger partial charge in [-0.05, 0) is 37.5 Å².